The number of carboxylic acids is 2. The number of aliphatic hydroxyl groups is 1. The van der Waals surface area contributed by atoms with Crippen LogP contribution in [0.15, 0.2) is 65.6 Å². The molecule has 2 aromatic rings. The molecule has 0 heterocycles. The number of ether oxygens (including phenoxy) is 1. The number of nitrogens with two attached hydrogens (primary N) is 1. The van der Waals surface area contributed by atoms with Crippen molar-refractivity contribution in [3.63, 3.8) is 0 Å². The SMILES string of the molecule is CC(CCC(O)C(N)Oc1ccccc1)NS(=O)(=O)c1ccccc1.O=C(O)C(=O)O. The van der Waals surface area contributed by atoms with Crippen molar-refractivity contribution in [2.75, 3.05) is 0 Å². The predicted octanol–water partition coefficient (Wildman–Crippen LogP) is 1.01. The number of hydrogen-bond donors (Lipinski definition) is 5. The van der Waals surface area contributed by atoms with Gasteiger partial charge in [0.15, 0.2) is 6.23 Å². The molecule has 0 aliphatic carbocycles. The van der Waals surface area contributed by atoms with E-state index in [1.165, 1.54) is 12.1 Å². The summed E-state index contributed by atoms with van der Waals surface area (Å²) in [6, 6.07) is 16.8. The van der Waals surface area contributed by atoms with E-state index in [0.717, 1.165) is 0 Å². The average molecular weight is 455 g/mol. The molecule has 31 heavy (non-hydrogen) atoms. The van der Waals surface area contributed by atoms with E-state index in [2.05, 4.69) is 4.72 Å². The summed E-state index contributed by atoms with van der Waals surface area (Å²) in [5, 5.41) is 24.9. The van der Waals surface area contributed by atoms with E-state index in [0.29, 0.717) is 18.6 Å². The highest BCUT2D eigenvalue weighted by molar-refractivity contribution is 7.89. The van der Waals surface area contributed by atoms with E-state index in [-0.39, 0.29) is 10.9 Å². The first-order chi connectivity index (χ1) is 14.5. The van der Waals surface area contributed by atoms with E-state index >= 15 is 0 Å². The zero-order valence-corrected chi connectivity index (χ0v) is 17.6. The Morgan fingerprint density at radius 3 is 1.94 bits per heavy atom. The highest BCUT2D eigenvalue weighted by Gasteiger charge is 2.20. The van der Waals surface area contributed by atoms with Gasteiger partial charge in [0, 0.05) is 6.04 Å². The van der Waals surface area contributed by atoms with Crippen molar-refractivity contribution in [3.8, 4) is 5.75 Å². The monoisotopic (exact) mass is 454 g/mol. The lowest BCUT2D eigenvalue weighted by Crippen LogP contribution is -2.41. The molecule has 0 aromatic heterocycles. The number of rotatable bonds is 9. The van der Waals surface area contributed by atoms with Gasteiger partial charge in [0.2, 0.25) is 10.0 Å². The third-order valence-electron chi connectivity index (χ3n) is 3.88. The quantitative estimate of drug-likeness (QED) is 0.273. The first-order valence-corrected chi connectivity index (χ1v) is 10.7. The Morgan fingerprint density at radius 1 is 0.968 bits per heavy atom. The van der Waals surface area contributed by atoms with E-state index < -0.39 is 34.3 Å². The van der Waals surface area contributed by atoms with Crippen LogP contribution in [0.5, 0.6) is 5.75 Å². The number of carboxylic acid groups (broad SMARTS) is 2. The summed E-state index contributed by atoms with van der Waals surface area (Å²) in [4.78, 5) is 18.4. The van der Waals surface area contributed by atoms with E-state index in [1.807, 2.05) is 18.2 Å². The Labute approximate surface area is 180 Å². The third-order valence-corrected chi connectivity index (χ3v) is 5.49. The molecule has 2 rings (SSSR count). The maximum absolute atomic E-state index is 12.2. The van der Waals surface area contributed by atoms with Gasteiger partial charge in [-0.3, -0.25) is 5.73 Å². The van der Waals surface area contributed by atoms with Crippen molar-refractivity contribution in [2.24, 2.45) is 5.73 Å². The van der Waals surface area contributed by atoms with Gasteiger partial charge in [0.25, 0.3) is 0 Å². The van der Waals surface area contributed by atoms with Crippen LogP contribution in [0.3, 0.4) is 0 Å². The van der Waals surface area contributed by atoms with Crippen molar-refractivity contribution in [1.29, 1.82) is 0 Å². The molecular formula is C20H26N2O8S. The molecule has 170 valence electrons. The second kappa shape index (κ2) is 12.6. The fourth-order valence-corrected chi connectivity index (χ4v) is 3.61. The molecule has 0 spiro atoms. The average Bonchev–Trinajstić information content (AvgIpc) is 2.73. The Kier molecular flexibility index (Phi) is 10.6. The van der Waals surface area contributed by atoms with Crippen LogP contribution in [0, 0.1) is 0 Å². The fraction of sp³-hybridized carbons (Fsp3) is 0.300. The lowest BCUT2D eigenvalue weighted by Gasteiger charge is -2.22. The van der Waals surface area contributed by atoms with Crippen LogP contribution in [0.1, 0.15) is 19.8 Å². The molecule has 0 saturated heterocycles. The number of para-hydroxylation sites is 1. The summed E-state index contributed by atoms with van der Waals surface area (Å²) in [5.74, 6) is -3.07. The summed E-state index contributed by atoms with van der Waals surface area (Å²) in [6.07, 6.45) is -1.03. The third kappa shape index (κ3) is 10.0. The minimum absolute atomic E-state index is 0.214. The lowest BCUT2D eigenvalue weighted by molar-refractivity contribution is -0.159. The van der Waals surface area contributed by atoms with Gasteiger partial charge in [0.05, 0.1) is 4.90 Å². The zero-order valence-electron chi connectivity index (χ0n) is 16.8. The topological polar surface area (TPSA) is 176 Å². The van der Waals surface area contributed by atoms with Gasteiger partial charge in [-0.2, -0.15) is 0 Å². The maximum atomic E-state index is 12.2. The van der Waals surface area contributed by atoms with E-state index in [4.69, 9.17) is 30.3 Å². The van der Waals surface area contributed by atoms with Crippen molar-refractivity contribution < 1.29 is 38.1 Å². The molecule has 6 N–H and O–H groups in total. The molecule has 3 unspecified atom stereocenters. The maximum Gasteiger partial charge on any atom is 0.414 e. The van der Waals surface area contributed by atoms with Gasteiger partial charge in [-0.1, -0.05) is 36.4 Å². The molecule has 0 radical (unpaired) electrons. The predicted molar refractivity (Wildman–Crippen MR) is 112 cm³/mol. The van der Waals surface area contributed by atoms with Crippen LogP contribution in [0.25, 0.3) is 0 Å². The summed E-state index contributed by atoms with van der Waals surface area (Å²) in [7, 11) is -3.57. The van der Waals surface area contributed by atoms with Gasteiger partial charge in [0.1, 0.15) is 11.9 Å². The number of aliphatic hydroxyl groups excluding tert-OH is 1. The summed E-state index contributed by atoms with van der Waals surface area (Å²) >= 11 is 0. The second-order valence-corrected chi connectivity index (χ2v) is 8.20. The molecular weight excluding hydrogens is 428 g/mol. The normalized spacial score (nSPS) is 13.8. The molecule has 2 aromatic carbocycles. The minimum Gasteiger partial charge on any atom is -0.473 e. The van der Waals surface area contributed by atoms with Crippen LogP contribution in [0.2, 0.25) is 0 Å². The molecule has 3 atom stereocenters. The molecule has 11 heteroatoms. The van der Waals surface area contributed by atoms with E-state index in [1.54, 1.807) is 37.3 Å². The number of aliphatic carboxylic acids is 2. The van der Waals surface area contributed by atoms with Crippen molar-refractivity contribution >= 4 is 22.0 Å². The van der Waals surface area contributed by atoms with Crippen LogP contribution in [-0.4, -0.2) is 54.0 Å². The van der Waals surface area contributed by atoms with Crippen LogP contribution >= 0.6 is 0 Å². The minimum atomic E-state index is -3.57. The Bertz CT molecular complexity index is 911. The molecule has 0 amide bonds. The molecule has 0 aliphatic heterocycles. The number of hydrogen-bond acceptors (Lipinski definition) is 7. The highest BCUT2D eigenvalue weighted by Crippen LogP contribution is 2.14. The standard InChI is InChI=1S/C18H24N2O4S.C2H2O4/c1-14(20-25(22,23)16-10-6-3-7-11-16)12-13-17(21)18(19)24-15-8-4-2-5-9-15;3-1(4)2(5)6/h2-11,14,17-18,20-21H,12-13,19H2,1H3;(H,3,4)(H,5,6). The van der Waals surface area contributed by atoms with Gasteiger partial charge < -0.3 is 20.1 Å². The van der Waals surface area contributed by atoms with E-state index in [9.17, 15) is 13.5 Å². The fourth-order valence-electron chi connectivity index (χ4n) is 2.31. The largest absolute Gasteiger partial charge is 0.473 e. The first kappa shape index (κ1) is 26.0. The van der Waals surface area contributed by atoms with Crippen molar-refractivity contribution in [1.82, 2.24) is 4.72 Å². The van der Waals surface area contributed by atoms with Gasteiger partial charge in [-0.25, -0.2) is 22.7 Å². The second-order valence-electron chi connectivity index (χ2n) is 6.49. The summed E-state index contributed by atoms with van der Waals surface area (Å²) in [6.45, 7) is 1.75. The molecule has 0 aliphatic rings. The summed E-state index contributed by atoms with van der Waals surface area (Å²) in [5.41, 5.74) is 5.84. The molecule has 0 fully saturated rings. The van der Waals surface area contributed by atoms with Crippen LogP contribution in [0.4, 0.5) is 0 Å². The molecule has 10 nitrogen and oxygen atoms in total. The Hall–Kier alpha value is -2.99. The van der Waals surface area contributed by atoms with Crippen molar-refractivity contribution in [3.05, 3.63) is 60.7 Å². The number of nitrogens with one attached hydrogen (secondary N) is 1. The van der Waals surface area contributed by atoms with Gasteiger partial charge >= 0.3 is 11.9 Å². The zero-order chi connectivity index (χ0) is 23.4. The summed E-state index contributed by atoms with van der Waals surface area (Å²) < 4.78 is 32.5. The Morgan fingerprint density at radius 2 is 1.45 bits per heavy atom. The molecule has 0 bridgehead atoms. The first-order valence-electron chi connectivity index (χ1n) is 9.22. The smallest absolute Gasteiger partial charge is 0.414 e. The Balaban J connectivity index is 0.000000703. The van der Waals surface area contributed by atoms with Crippen LogP contribution < -0.4 is 15.2 Å². The van der Waals surface area contributed by atoms with Crippen LogP contribution in [-0.2, 0) is 19.6 Å². The molecule has 0 saturated carbocycles. The lowest BCUT2D eigenvalue weighted by atomic mass is 10.1. The number of sulfonamides is 1. The van der Waals surface area contributed by atoms with Gasteiger partial charge in [-0.05, 0) is 44.0 Å². The van der Waals surface area contributed by atoms with Gasteiger partial charge in [-0.15, -0.1) is 0 Å². The van der Waals surface area contributed by atoms with Crippen molar-refractivity contribution in [2.45, 2.75) is 43.0 Å². The number of carbonyl (C=O) groups is 2. The highest BCUT2D eigenvalue weighted by atomic mass is 32.2. The number of benzene rings is 2.